The van der Waals surface area contributed by atoms with E-state index in [1.807, 2.05) is 6.92 Å². The molecule has 1 rings (SSSR count). The third kappa shape index (κ3) is 4.35. The number of carbonyl (C=O) groups excluding carboxylic acids is 1. The van der Waals surface area contributed by atoms with Crippen LogP contribution in [0.2, 0.25) is 0 Å². The van der Waals surface area contributed by atoms with Crippen LogP contribution in [0.25, 0.3) is 0 Å². The Morgan fingerprint density at radius 2 is 1.75 bits per heavy atom. The second-order valence-electron chi connectivity index (χ2n) is 4.71. The summed E-state index contributed by atoms with van der Waals surface area (Å²) in [5, 5.41) is 11.9. The summed E-state index contributed by atoms with van der Waals surface area (Å²) in [6.07, 6.45) is 0. The fourth-order valence-electron chi connectivity index (χ4n) is 2.08. The van der Waals surface area contributed by atoms with Crippen LogP contribution in [0.1, 0.15) is 41.5 Å². The molecule has 5 nitrogen and oxygen atoms in total. The molecule has 0 spiro atoms. The summed E-state index contributed by atoms with van der Waals surface area (Å²) in [4.78, 5) is 25.4. The molecule has 20 heavy (non-hydrogen) atoms. The van der Waals surface area contributed by atoms with Crippen molar-refractivity contribution in [2.45, 2.75) is 26.8 Å². The van der Waals surface area contributed by atoms with E-state index in [1.165, 1.54) is 12.1 Å². The summed E-state index contributed by atoms with van der Waals surface area (Å²) in [7, 11) is 0. The highest BCUT2D eigenvalue weighted by atomic mass is 16.4. The van der Waals surface area contributed by atoms with Gasteiger partial charge in [0.25, 0.3) is 5.91 Å². The number of benzene rings is 1. The molecule has 1 aromatic rings. The maximum absolute atomic E-state index is 12.1. The molecule has 0 bridgehead atoms. The van der Waals surface area contributed by atoms with E-state index in [9.17, 15) is 9.59 Å². The number of nitrogens with one attached hydrogen (secondary N) is 1. The summed E-state index contributed by atoms with van der Waals surface area (Å²) < 4.78 is 0. The van der Waals surface area contributed by atoms with Gasteiger partial charge in [-0.15, -0.1) is 0 Å². The van der Waals surface area contributed by atoms with Crippen molar-refractivity contribution in [1.82, 2.24) is 10.2 Å². The summed E-state index contributed by atoms with van der Waals surface area (Å²) in [5.74, 6) is -1.44. The normalized spacial score (nSPS) is 12.2. The smallest absolute Gasteiger partial charge is 0.336 e. The third-order valence-electron chi connectivity index (χ3n) is 3.21. The Morgan fingerprint density at radius 1 is 1.20 bits per heavy atom. The van der Waals surface area contributed by atoms with Crippen LogP contribution in [0.3, 0.4) is 0 Å². The molecule has 1 atom stereocenters. The Hall–Kier alpha value is -1.88. The van der Waals surface area contributed by atoms with Crippen molar-refractivity contribution in [1.29, 1.82) is 0 Å². The summed E-state index contributed by atoms with van der Waals surface area (Å²) in [5.41, 5.74) is 0.228. The number of carboxylic acids is 1. The number of hydrogen-bond donors (Lipinski definition) is 2. The van der Waals surface area contributed by atoms with Gasteiger partial charge in [0.2, 0.25) is 0 Å². The molecule has 2 N–H and O–H groups in total. The molecule has 0 saturated heterocycles. The van der Waals surface area contributed by atoms with E-state index in [-0.39, 0.29) is 23.1 Å². The SMILES string of the molecule is CCN(CC)CC(C)NC(=O)c1ccccc1C(=O)O. The van der Waals surface area contributed by atoms with Crippen LogP contribution < -0.4 is 5.32 Å². The van der Waals surface area contributed by atoms with E-state index in [1.54, 1.807) is 12.1 Å². The molecular weight excluding hydrogens is 256 g/mol. The van der Waals surface area contributed by atoms with Crippen LogP contribution in [0, 0.1) is 0 Å². The van der Waals surface area contributed by atoms with Gasteiger partial charge in [0.1, 0.15) is 0 Å². The Morgan fingerprint density at radius 3 is 2.25 bits per heavy atom. The average molecular weight is 278 g/mol. The van der Waals surface area contributed by atoms with E-state index in [0.29, 0.717) is 0 Å². The summed E-state index contributed by atoms with van der Waals surface area (Å²) in [6, 6.07) is 6.20. The average Bonchev–Trinajstić information content (AvgIpc) is 2.44. The fourth-order valence-corrected chi connectivity index (χ4v) is 2.08. The lowest BCUT2D eigenvalue weighted by atomic mass is 10.1. The van der Waals surface area contributed by atoms with Crippen LogP contribution in [0.5, 0.6) is 0 Å². The van der Waals surface area contributed by atoms with Gasteiger partial charge >= 0.3 is 5.97 Å². The molecule has 0 aliphatic heterocycles. The summed E-state index contributed by atoms with van der Waals surface area (Å²) in [6.45, 7) is 8.63. The number of carbonyl (C=O) groups is 2. The highest BCUT2D eigenvalue weighted by molar-refractivity contribution is 6.04. The maximum Gasteiger partial charge on any atom is 0.336 e. The first-order chi connectivity index (χ1) is 9.49. The third-order valence-corrected chi connectivity index (χ3v) is 3.21. The zero-order valence-corrected chi connectivity index (χ0v) is 12.2. The number of likely N-dealkylation sites (N-methyl/N-ethyl adjacent to an activating group) is 1. The van der Waals surface area contributed by atoms with Gasteiger partial charge in [-0.3, -0.25) is 4.79 Å². The van der Waals surface area contributed by atoms with Gasteiger partial charge < -0.3 is 15.3 Å². The standard InChI is InChI=1S/C15H22N2O3/c1-4-17(5-2)10-11(3)16-14(18)12-8-6-7-9-13(12)15(19)20/h6-9,11H,4-5,10H2,1-3H3,(H,16,18)(H,19,20). The second-order valence-corrected chi connectivity index (χ2v) is 4.71. The van der Waals surface area contributed by atoms with Gasteiger partial charge in [-0.05, 0) is 32.1 Å². The van der Waals surface area contributed by atoms with Crippen LogP contribution in [0.4, 0.5) is 0 Å². The van der Waals surface area contributed by atoms with E-state index >= 15 is 0 Å². The minimum atomic E-state index is -1.09. The van der Waals surface area contributed by atoms with E-state index in [2.05, 4.69) is 24.1 Å². The molecule has 0 aliphatic rings. The minimum Gasteiger partial charge on any atom is -0.478 e. The lowest BCUT2D eigenvalue weighted by molar-refractivity contribution is 0.0690. The first kappa shape index (κ1) is 16.2. The number of hydrogen-bond acceptors (Lipinski definition) is 3. The lowest BCUT2D eigenvalue weighted by Gasteiger charge is -2.23. The highest BCUT2D eigenvalue weighted by Crippen LogP contribution is 2.09. The van der Waals surface area contributed by atoms with Crippen molar-refractivity contribution < 1.29 is 14.7 Å². The van der Waals surface area contributed by atoms with E-state index in [4.69, 9.17) is 5.11 Å². The highest BCUT2D eigenvalue weighted by Gasteiger charge is 2.17. The van der Waals surface area contributed by atoms with Crippen LogP contribution in [0.15, 0.2) is 24.3 Å². The molecule has 0 heterocycles. The first-order valence-corrected chi connectivity index (χ1v) is 6.85. The molecule has 0 radical (unpaired) electrons. The lowest BCUT2D eigenvalue weighted by Crippen LogP contribution is -2.42. The molecule has 1 amide bonds. The number of nitrogens with zero attached hydrogens (tertiary/aromatic N) is 1. The zero-order chi connectivity index (χ0) is 15.1. The first-order valence-electron chi connectivity index (χ1n) is 6.85. The van der Waals surface area contributed by atoms with Gasteiger partial charge in [-0.25, -0.2) is 4.79 Å². The van der Waals surface area contributed by atoms with Crippen molar-refractivity contribution in [3.8, 4) is 0 Å². The van der Waals surface area contributed by atoms with Gasteiger partial charge in [-0.2, -0.15) is 0 Å². The summed E-state index contributed by atoms with van der Waals surface area (Å²) >= 11 is 0. The number of carboxylic acid groups (broad SMARTS) is 1. The number of amides is 1. The molecule has 0 aromatic heterocycles. The number of aromatic carboxylic acids is 1. The Bertz CT molecular complexity index is 470. The Kier molecular flexibility index (Phi) is 6.18. The van der Waals surface area contributed by atoms with Gasteiger partial charge in [0.15, 0.2) is 0 Å². The molecule has 0 aliphatic carbocycles. The number of rotatable bonds is 7. The molecule has 0 saturated carbocycles. The van der Waals surface area contributed by atoms with Gasteiger partial charge in [0, 0.05) is 12.6 Å². The largest absolute Gasteiger partial charge is 0.478 e. The van der Waals surface area contributed by atoms with Gasteiger partial charge in [-0.1, -0.05) is 26.0 Å². The monoisotopic (exact) mass is 278 g/mol. The van der Waals surface area contributed by atoms with E-state index in [0.717, 1.165) is 19.6 Å². The molecule has 5 heteroatoms. The molecule has 110 valence electrons. The molecule has 1 aromatic carbocycles. The Labute approximate surface area is 119 Å². The Balaban J connectivity index is 2.74. The quantitative estimate of drug-likeness (QED) is 0.798. The van der Waals surface area contributed by atoms with Crippen molar-refractivity contribution in [2.24, 2.45) is 0 Å². The van der Waals surface area contributed by atoms with Crippen molar-refractivity contribution in [3.05, 3.63) is 35.4 Å². The topological polar surface area (TPSA) is 69.6 Å². The zero-order valence-electron chi connectivity index (χ0n) is 12.2. The van der Waals surface area contributed by atoms with Crippen molar-refractivity contribution >= 4 is 11.9 Å². The van der Waals surface area contributed by atoms with Crippen molar-refractivity contribution in [2.75, 3.05) is 19.6 Å². The van der Waals surface area contributed by atoms with Crippen LogP contribution in [-0.4, -0.2) is 47.6 Å². The maximum atomic E-state index is 12.1. The predicted molar refractivity (Wildman–Crippen MR) is 78.1 cm³/mol. The van der Waals surface area contributed by atoms with Crippen LogP contribution in [-0.2, 0) is 0 Å². The minimum absolute atomic E-state index is 0.0278. The van der Waals surface area contributed by atoms with Crippen molar-refractivity contribution in [3.63, 3.8) is 0 Å². The van der Waals surface area contributed by atoms with Gasteiger partial charge in [0.05, 0.1) is 11.1 Å². The van der Waals surface area contributed by atoms with Crippen LogP contribution >= 0.6 is 0 Å². The fraction of sp³-hybridized carbons (Fsp3) is 0.467. The molecular formula is C15H22N2O3. The second kappa shape index (κ2) is 7.65. The van der Waals surface area contributed by atoms with E-state index < -0.39 is 5.97 Å². The predicted octanol–water partition coefficient (Wildman–Crippen LogP) is 1.84. The molecule has 1 unspecified atom stereocenters. The molecule has 0 fully saturated rings.